The number of fused-ring (bicyclic) bond motifs is 5. The summed E-state index contributed by atoms with van der Waals surface area (Å²) in [6, 6.07) is 53.9. The van der Waals surface area contributed by atoms with E-state index in [2.05, 4.69) is 180 Å². The molecule has 1 N–H and O–H groups in total. The fourth-order valence-corrected chi connectivity index (χ4v) is 10.4. The summed E-state index contributed by atoms with van der Waals surface area (Å²) in [5.74, 6) is 3.13. The van der Waals surface area contributed by atoms with Gasteiger partial charge in [0.15, 0.2) is 24.0 Å². The molecule has 62 heavy (non-hydrogen) atoms. The number of pyridine rings is 2. The largest absolute Gasteiger partial charge is 0.490 e. The molecule has 0 bridgehead atoms. The van der Waals surface area contributed by atoms with E-state index in [1.165, 1.54) is 38.8 Å². The molecule has 6 aromatic carbocycles. The first-order valence-electron chi connectivity index (χ1n) is 21.3. The summed E-state index contributed by atoms with van der Waals surface area (Å²) < 4.78 is 17.7. The minimum atomic E-state index is -0.312. The highest BCUT2D eigenvalue weighted by Gasteiger charge is 2.44. The van der Waals surface area contributed by atoms with E-state index in [9.17, 15) is 0 Å². The smallest absolute Gasteiger partial charge is 0.299 e. The van der Waals surface area contributed by atoms with Crippen LogP contribution in [0.25, 0.3) is 33.5 Å². The first-order chi connectivity index (χ1) is 30.6. The monoisotopic (exact) mass is 805 g/mol. The molecule has 0 saturated carbocycles. The van der Waals surface area contributed by atoms with Crippen LogP contribution in [0.2, 0.25) is 0 Å². The van der Waals surface area contributed by atoms with Crippen molar-refractivity contribution in [3.8, 4) is 11.5 Å². The van der Waals surface area contributed by atoms with Crippen LogP contribution < -0.4 is 23.9 Å². The van der Waals surface area contributed by atoms with Gasteiger partial charge in [0.05, 0.1) is 17.9 Å². The molecule has 0 fully saturated rings. The third kappa shape index (κ3) is 5.51. The molecule has 8 aromatic rings. The molecular formula is C55H43N5O2+2. The third-order valence-electron chi connectivity index (χ3n) is 13.1. The lowest BCUT2D eigenvalue weighted by atomic mass is 9.62. The van der Waals surface area contributed by atoms with Crippen LogP contribution in [0.4, 0.5) is 0 Å². The number of rotatable bonds is 6. The first-order valence-corrected chi connectivity index (χ1v) is 21.3. The zero-order valence-electron chi connectivity index (χ0n) is 34.7. The highest BCUT2D eigenvalue weighted by molar-refractivity contribution is 6.14. The van der Waals surface area contributed by atoms with Crippen molar-refractivity contribution >= 4 is 45.1 Å². The second-order valence-electron chi connectivity index (χ2n) is 16.5. The summed E-state index contributed by atoms with van der Waals surface area (Å²) in [4.78, 5) is 10.4. The van der Waals surface area contributed by atoms with Gasteiger partial charge in [-0.2, -0.15) is 9.13 Å². The molecule has 298 valence electrons. The molecule has 0 radical (unpaired) electrons. The fourth-order valence-electron chi connectivity index (χ4n) is 10.4. The Morgan fingerprint density at radius 3 is 2.19 bits per heavy atom. The first kappa shape index (κ1) is 36.2. The van der Waals surface area contributed by atoms with E-state index in [-0.39, 0.29) is 24.2 Å². The van der Waals surface area contributed by atoms with Crippen molar-refractivity contribution in [2.24, 2.45) is 17.0 Å². The van der Waals surface area contributed by atoms with Crippen LogP contribution in [-0.4, -0.2) is 18.8 Å². The number of benzene rings is 6. The fraction of sp³-hybridized carbons (Fsp3) is 0.127. The standard InChI is InChI=1S/C55H43N5O2/c1-33-60-32-14-20-35-26-28-45(52(62-33)50(35)60)48-41-22-11-10-21-40(41)46(44-27-25-34-19-13-31-59(2)49(34)51(44)61-3)43-30-29-38-39(47(43)48)23-12-24-42(38)55-57-53(36-15-6-4-7-16-36)56-54(58-55)37-17-8-5-9-18-37/h4-33,47-48,53H,1-3H3,(H,56,57,58)/q+2. The highest BCUT2D eigenvalue weighted by Crippen LogP contribution is 2.58. The molecule has 7 heteroatoms. The predicted molar refractivity (Wildman–Crippen MR) is 246 cm³/mol. The van der Waals surface area contributed by atoms with Crippen LogP contribution in [0.1, 0.15) is 81.2 Å². The third-order valence-corrected chi connectivity index (χ3v) is 13.1. The average molecular weight is 806 g/mol. The van der Waals surface area contributed by atoms with Gasteiger partial charge in [-0.05, 0) is 69.3 Å². The summed E-state index contributed by atoms with van der Waals surface area (Å²) in [5, 5.41) is 6.06. The molecule has 4 atom stereocenters. The maximum atomic E-state index is 6.89. The maximum Gasteiger partial charge on any atom is 0.299 e. The summed E-state index contributed by atoms with van der Waals surface area (Å²) in [5.41, 5.74) is 14.7. The number of aliphatic imine (C=N–C) groups is 2. The van der Waals surface area contributed by atoms with Gasteiger partial charge in [0.25, 0.3) is 17.3 Å². The second-order valence-corrected chi connectivity index (χ2v) is 16.5. The molecular weight excluding hydrogens is 763 g/mol. The predicted octanol–water partition coefficient (Wildman–Crippen LogP) is 10.3. The van der Waals surface area contributed by atoms with Gasteiger partial charge >= 0.3 is 0 Å². The Hall–Kier alpha value is -7.64. The van der Waals surface area contributed by atoms with Crippen molar-refractivity contribution in [2.75, 3.05) is 7.11 Å². The molecule has 2 aliphatic heterocycles. The molecule has 4 aliphatic rings. The number of aromatic nitrogens is 2. The number of methoxy groups -OCH3 is 1. The number of hydrogen-bond donors (Lipinski definition) is 1. The van der Waals surface area contributed by atoms with Crippen LogP contribution in [-0.2, 0) is 7.05 Å². The van der Waals surface area contributed by atoms with E-state index in [0.717, 1.165) is 61.6 Å². The Morgan fingerprint density at radius 2 is 1.35 bits per heavy atom. The number of allylic oxidation sites excluding steroid dienone is 2. The van der Waals surface area contributed by atoms with Crippen molar-refractivity contribution in [1.82, 2.24) is 5.32 Å². The number of hydrogen-bond acceptors (Lipinski definition) is 5. The van der Waals surface area contributed by atoms with Gasteiger partial charge in [-0.25, -0.2) is 9.98 Å². The van der Waals surface area contributed by atoms with Gasteiger partial charge in [0.1, 0.15) is 19.0 Å². The van der Waals surface area contributed by atoms with Crippen LogP contribution in [0.3, 0.4) is 0 Å². The maximum absolute atomic E-state index is 6.89. The van der Waals surface area contributed by atoms with Crippen molar-refractivity contribution in [3.63, 3.8) is 0 Å². The van der Waals surface area contributed by atoms with Gasteiger partial charge < -0.3 is 14.8 Å². The molecule has 0 amide bonds. The summed E-state index contributed by atoms with van der Waals surface area (Å²) in [7, 11) is 3.88. The van der Waals surface area contributed by atoms with Gasteiger partial charge in [-0.15, -0.1) is 0 Å². The Balaban J connectivity index is 1.12. The zero-order chi connectivity index (χ0) is 41.5. The number of nitrogens with one attached hydrogen (secondary N) is 1. The highest BCUT2D eigenvalue weighted by atomic mass is 16.5. The quantitative estimate of drug-likeness (QED) is 0.170. The Labute approximate surface area is 360 Å². The van der Waals surface area contributed by atoms with E-state index in [0.29, 0.717) is 5.84 Å². The summed E-state index contributed by atoms with van der Waals surface area (Å²) >= 11 is 0. The molecule has 0 saturated heterocycles. The van der Waals surface area contributed by atoms with E-state index in [1.807, 2.05) is 24.3 Å². The lowest BCUT2D eigenvalue weighted by molar-refractivity contribution is -0.715. The van der Waals surface area contributed by atoms with E-state index in [4.69, 9.17) is 19.5 Å². The molecule has 2 aliphatic carbocycles. The summed E-state index contributed by atoms with van der Waals surface area (Å²) in [6.45, 7) is 2.13. The van der Waals surface area contributed by atoms with Crippen LogP contribution in [0.15, 0.2) is 186 Å². The molecule has 2 aromatic heterocycles. The van der Waals surface area contributed by atoms with Crippen molar-refractivity contribution in [3.05, 3.63) is 226 Å². The van der Waals surface area contributed by atoms with E-state index in [1.54, 1.807) is 7.11 Å². The molecule has 4 heterocycles. The SMILES string of the molecule is COc1c(C2=C3C=Cc4c(C5=NC(c6ccccc6)=NC(c6ccccc6)N5)cccc4C3C(c3ccc4ccc[n+]5c4c3OC5C)c3ccccc32)ccc2ccc[n+](C)c12. The van der Waals surface area contributed by atoms with Crippen LogP contribution >= 0.6 is 0 Å². The lowest BCUT2D eigenvalue weighted by Gasteiger charge is -2.40. The van der Waals surface area contributed by atoms with Gasteiger partial charge in [0, 0.05) is 53.1 Å². The number of aryl methyl sites for hydroxylation is 1. The number of nitrogens with zero attached hydrogens (tertiary/aromatic N) is 4. The molecule has 0 spiro atoms. The Morgan fingerprint density at radius 1 is 0.629 bits per heavy atom. The number of ether oxygens (including phenoxy) is 2. The number of amidine groups is 2. The Bertz CT molecular complexity index is 3280. The normalized spacial score (nSPS) is 19.5. The topological polar surface area (TPSA) is 63.0 Å². The molecule has 4 unspecified atom stereocenters. The average Bonchev–Trinajstić information content (AvgIpc) is 3.67. The zero-order valence-corrected chi connectivity index (χ0v) is 34.7. The van der Waals surface area contributed by atoms with Gasteiger partial charge in [-0.3, -0.25) is 0 Å². The summed E-state index contributed by atoms with van der Waals surface area (Å²) in [6.07, 6.45) is 8.45. The van der Waals surface area contributed by atoms with Crippen molar-refractivity contribution in [1.29, 1.82) is 0 Å². The minimum absolute atomic E-state index is 0.0791. The van der Waals surface area contributed by atoms with Crippen molar-refractivity contribution < 1.29 is 18.6 Å². The lowest BCUT2D eigenvalue weighted by Crippen LogP contribution is -2.36. The van der Waals surface area contributed by atoms with E-state index < -0.39 is 0 Å². The van der Waals surface area contributed by atoms with Gasteiger partial charge in [-0.1, -0.05) is 121 Å². The molecule has 12 rings (SSSR count). The van der Waals surface area contributed by atoms with Crippen LogP contribution in [0, 0.1) is 0 Å². The van der Waals surface area contributed by atoms with E-state index >= 15 is 0 Å². The molecule has 7 nitrogen and oxygen atoms in total. The second kappa shape index (κ2) is 14.2. The van der Waals surface area contributed by atoms with Gasteiger partial charge in [0.2, 0.25) is 5.75 Å². The van der Waals surface area contributed by atoms with Crippen molar-refractivity contribution in [2.45, 2.75) is 31.2 Å². The van der Waals surface area contributed by atoms with Crippen LogP contribution in [0.5, 0.6) is 11.5 Å². The Kier molecular flexibility index (Phi) is 8.32. The minimum Gasteiger partial charge on any atom is -0.490 e.